The van der Waals surface area contributed by atoms with Gasteiger partial charge in [0.15, 0.2) is 11.5 Å². The molecule has 2 aromatic heterocycles. The SMILES string of the molecule is NC(=O)c1cc(-c2cccnc2[C@@H](CC(=O)Cn2nc(C(F)(F)F)c3c2CC(O)C3)Cc2cc(F)cc(F)c2)ccc1F. The number of Topliss-reactive ketones (excluding diaryl/α,β-unsaturated/α-hetero) is 1. The van der Waals surface area contributed by atoms with Gasteiger partial charge >= 0.3 is 6.18 Å². The Labute approximate surface area is 241 Å². The molecule has 7 nitrogen and oxygen atoms in total. The van der Waals surface area contributed by atoms with E-state index >= 15 is 0 Å². The molecule has 1 aliphatic rings. The van der Waals surface area contributed by atoms with Crippen LogP contribution in [0.5, 0.6) is 0 Å². The lowest BCUT2D eigenvalue weighted by Gasteiger charge is -2.20. The number of nitrogens with two attached hydrogens (primary N) is 1. The van der Waals surface area contributed by atoms with E-state index in [1.165, 1.54) is 18.3 Å². The predicted octanol–water partition coefficient (Wildman–Crippen LogP) is 4.93. The van der Waals surface area contributed by atoms with E-state index in [1.807, 2.05) is 0 Å². The number of rotatable bonds is 9. The lowest BCUT2D eigenvalue weighted by Crippen LogP contribution is -2.20. The Hall–Kier alpha value is -4.52. The summed E-state index contributed by atoms with van der Waals surface area (Å²) in [5, 5.41) is 13.6. The largest absolute Gasteiger partial charge is 0.435 e. The maximum atomic E-state index is 14.2. The van der Waals surface area contributed by atoms with Crippen molar-refractivity contribution in [2.24, 2.45) is 5.73 Å². The Balaban J connectivity index is 1.52. The predicted molar refractivity (Wildman–Crippen MR) is 141 cm³/mol. The number of amides is 1. The number of hydrogen-bond acceptors (Lipinski definition) is 5. The summed E-state index contributed by atoms with van der Waals surface area (Å²) in [5.41, 5.74) is 4.86. The van der Waals surface area contributed by atoms with E-state index in [9.17, 15) is 41.0 Å². The molecule has 1 aliphatic carbocycles. The zero-order valence-corrected chi connectivity index (χ0v) is 22.3. The average molecular weight is 603 g/mol. The van der Waals surface area contributed by atoms with Gasteiger partial charge in [-0.2, -0.15) is 18.3 Å². The lowest BCUT2D eigenvalue weighted by atomic mass is 9.86. The number of halogens is 6. The molecule has 5 rings (SSSR count). The molecule has 4 aromatic rings. The van der Waals surface area contributed by atoms with Crippen molar-refractivity contribution in [2.45, 2.75) is 50.4 Å². The van der Waals surface area contributed by atoms with Crippen LogP contribution in [-0.2, 0) is 36.8 Å². The van der Waals surface area contributed by atoms with E-state index in [-0.39, 0.29) is 53.8 Å². The van der Waals surface area contributed by atoms with E-state index in [4.69, 9.17) is 5.73 Å². The minimum atomic E-state index is -4.78. The molecule has 0 radical (unpaired) electrons. The molecule has 0 bridgehead atoms. The molecule has 1 unspecified atom stereocenters. The summed E-state index contributed by atoms with van der Waals surface area (Å²) < 4.78 is 84.1. The third kappa shape index (κ3) is 6.46. The molecule has 0 saturated carbocycles. The van der Waals surface area contributed by atoms with Crippen LogP contribution in [0, 0.1) is 17.5 Å². The van der Waals surface area contributed by atoms with Gasteiger partial charge in [0.25, 0.3) is 5.91 Å². The first-order valence-corrected chi connectivity index (χ1v) is 13.1. The van der Waals surface area contributed by atoms with Gasteiger partial charge in [0.05, 0.1) is 23.9 Å². The van der Waals surface area contributed by atoms with E-state index in [0.717, 1.165) is 22.9 Å². The smallest absolute Gasteiger partial charge is 0.392 e. The van der Waals surface area contributed by atoms with Gasteiger partial charge in [-0.25, -0.2) is 13.2 Å². The van der Waals surface area contributed by atoms with Crippen LogP contribution in [0.15, 0.2) is 54.7 Å². The minimum absolute atomic E-state index is 0.0992. The number of pyridine rings is 1. The van der Waals surface area contributed by atoms with Crippen LogP contribution < -0.4 is 5.73 Å². The molecule has 0 aliphatic heterocycles. The number of ketones is 1. The van der Waals surface area contributed by atoms with Gasteiger partial charge in [0, 0.05) is 54.3 Å². The van der Waals surface area contributed by atoms with Crippen molar-refractivity contribution >= 4 is 11.7 Å². The van der Waals surface area contributed by atoms with Crippen molar-refractivity contribution in [3.63, 3.8) is 0 Å². The highest BCUT2D eigenvalue weighted by atomic mass is 19.4. The zero-order chi connectivity index (χ0) is 31.1. The fourth-order valence-electron chi connectivity index (χ4n) is 5.52. The summed E-state index contributed by atoms with van der Waals surface area (Å²) >= 11 is 0. The van der Waals surface area contributed by atoms with Crippen molar-refractivity contribution in [3.8, 4) is 11.1 Å². The highest BCUT2D eigenvalue weighted by Gasteiger charge is 2.42. The van der Waals surface area contributed by atoms with Crippen molar-refractivity contribution in [2.75, 3.05) is 0 Å². The summed E-state index contributed by atoms with van der Waals surface area (Å²) in [6.45, 7) is -0.552. The Morgan fingerprint density at radius 3 is 2.44 bits per heavy atom. The maximum absolute atomic E-state index is 14.2. The van der Waals surface area contributed by atoms with Crippen molar-refractivity contribution in [3.05, 3.63) is 106 Å². The second kappa shape index (κ2) is 11.6. The first-order chi connectivity index (χ1) is 20.3. The maximum Gasteiger partial charge on any atom is 0.435 e. The van der Waals surface area contributed by atoms with E-state index in [1.54, 1.807) is 12.1 Å². The van der Waals surface area contributed by atoms with Gasteiger partial charge in [0.1, 0.15) is 17.5 Å². The van der Waals surface area contributed by atoms with Crippen molar-refractivity contribution in [1.29, 1.82) is 0 Å². The Morgan fingerprint density at radius 1 is 1.05 bits per heavy atom. The molecule has 2 heterocycles. The number of nitrogens with zero attached hydrogens (tertiary/aromatic N) is 3. The molecule has 2 aromatic carbocycles. The lowest BCUT2D eigenvalue weighted by molar-refractivity contribution is -0.142. The summed E-state index contributed by atoms with van der Waals surface area (Å²) in [5.74, 6) is -4.98. The molecule has 0 spiro atoms. The van der Waals surface area contributed by atoms with E-state index in [0.29, 0.717) is 17.2 Å². The molecule has 224 valence electrons. The fraction of sp³-hybridized carbons (Fsp3) is 0.267. The number of alkyl halides is 3. The zero-order valence-electron chi connectivity index (χ0n) is 22.3. The molecule has 1 amide bonds. The van der Waals surface area contributed by atoms with Gasteiger partial charge in [0.2, 0.25) is 0 Å². The number of aliphatic hydroxyl groups is 1. The number of carbonyl (C=O) groups is 2. The second-order valence-electron chi connectivity index (χ2n) is 10.4. The molecular weight excluding hydrogens is 578 g/mol. The third-order valence-corrected chi connectivity index (χ3v) is 7.28. The normalized spacial score (nSPS) is 15.4. The Bertz CT molecular complexity index is 1700. The second-order valence-corrected chi connectivity index (χ2v) is 10.4. The first kappa shape index (κ1) is 30.0. The number of benzene rings is 2. The van der Waals surface area contributed by atoms with Gasteiger partial charge in [-0.15, -0.1) is 0 Å². The standard InChI is InChI=1S/C30H24F6N4O3/c31-18-7-15(8-19(32)11-18)6-17(27-22(2-1-5-38-27)16-3-4-25(33)23(10-16)29(37)43)9-21(42)14-40-26-13-20(41)12-24(26)28(39-40)30(34,35)36/h1-5,7-8,10-11,17,20,41H,6,9,12-14H2,(H2,37,43)/t17-,20?/m1/s1. The molecule has 0 saturated heterocycles. The Kier molecular flexibility index (Phi) is 8.10. The number of hydrogen-bond donors (Lipinski definition) is 2. The summed E-state index contributed by atoms with van der Waals surface area (Å²) in [4.78, 5) is 29.6. The van der Waals surface area contributed by atoms with Crippen LogP contribution in [-0.4, -0.2) is 37.7 Å². The first-order valence-electron chi connectivity index (χ1n) is 13.1. The summed E-state index contributed by atoms with van der Waals surface area (Å²) in [7, 11) is 0. The Morgan fingerprint density at radius 2 is 1.77 bits per heavy atom. The van der Waals surface area contributed by atoms with Gasteiger partial charge in [-0.1, -0.05) is 12.1 Å². The third-order valence-electron chi connectivity index (χ3n) is 7.28. The van der Waals surface area contributed by atoms with Gasteiger partial charge < -0.3 is 10.8 Å². The summed E-state index contributed by atoms with van der Waals surface area (Å²) in [6.07, 6.45) is -5.18. The van der Waals surface area contributed by atoms with Gasteiger partial charge in [-0.3, -0.25) is 19.3 Å². The van der Waals surface area contributed by atoms with Crippen LogP contribution >= 0.6 is 0 Å². The van der Waals surface area contributed by atoms with Crippen LogP contribution in [0.2, 0.25) is 0 Å². The minimum Gasteiger partial charge on any atom is -0.392 e. The van der Waals surface area contributed by atoms with Crippen molar-refractivity contribution < 1.29 is 41.0 Å². The number of aliphatic hydroxyl groups excluding tert-OH is 1. The molecule has 43 heavy (non-hydrogen) atoms. The summed E-state index contributed by atoms with van der Waals surface area (Å²) in [6, 6.07) is 9.65. The average Bonchev–Trinajstić information content (AvgIpc) is 3.45. The molecule has 3 N–H and O–H groups in total. The number of carbonyl (C=O) groups excluding carboxylic acids is 2. The number of fused-ring (bicyclic) bond motifs is 1. The molecule has 2 atom stereocenters. The highest BCUT2D eigenvalue weighted by molar-refractivity contribution is 5.94. The van der Waals surface area contributed by atoms with Crippen LogP contribution in [0.3, 0.4) is 0 Å². The van der Waals surface area contributed by atoms with Crippen LogP contribution in [0.4, 0.5) is 26.3 Å². The topological polar surface area (TPSA) is 111 Å². The monoisotopic (exact) mass is 602 g/mol. The number of aromatic nitrogens is 3. The van der Waals surface area contributed by atoms with E-state index in [2.05, 4.69) is 10.1 Å². The van der Waals surface area contributed by atoms with E-state index < -0.39 is 59.6 Å². The highest BCUT2D eigenvalue weighted by Crippen LogP contribution is 2.37. The van der Waals surface area contributed by atoms with Gasteiger partial charge in [-0.05, 0) is 47.9 Å². The molecule has 13 heteroatoms. The van der Waals surface area contributed by atoms with Crippen LogP contribution in [0.1, 0.15) is 50.9 Å². The van der Waals surface area contributed by atoms with Crippen molar-refractivity contribution in [1.82, 2.24) is 14.8 Å². The fourth-order valence-corrected chi connectivity index (χ4v) is 5.52. The van der Waals surface area contributed by atoms with Crippen LogP contribution in [0.25, 0.3) is 11.1 Å². The quantitative estimate of drug-likeness (QED) is 0.264. The number of primary amides is 1. The molecule has 0 fully saturated rings. The molecular formula is C30H24F6N4O3.